The van der Waals surface area contributed by atoms with E-state index in [1.165, 1.54) is 23.4 Å². The fourth-order valence-corrected chi connectivity index (χ4v) is 3.60. The molecule has 0 saturated carbocycles. The summed E-state index contributed by atoms with van der Waals surface area (Å²) in [6, 6.07) is 6.42. The standard InChI is InChI=1S/C16H18FN3OS/c1-18-16(21)10-22-9-14-13-3-2-4-15(13)20(19-14)12-7-5-11(17)6-8-12/h5-8H,2-4,9-10H2,1H3,(H,18,21). The average molecular weight is 319 g/mol. The summed E-state index contributed by atoms with van der Waals surface area (Å²) >= 11 is 1.57. The first-order valence-corrected chi connectivity index (χ1v) is 8.48. The molecule has 3 rings (SSSR count). The van der Waals surface area contributed by atoms with Gasteiger partial charge in [0.2, 0.25) is 5.91 Å². The first-order valence-electron chi connectivity index (χ1n) is 7.33. The number of hydrogen-bond donors (Lipinski definition) is 1. The summed E-state index contributed by atoms with van der Waals surface area (Å²) in [7, 11) is 1.64. The van der Waals surface area contributed by atoms with Gasteiger partial charge in [-0.15, -0.1) is 11.8 Å². The monoisotopic (exact) mass is 319 g/mol. The molecule has 116 valence electrons. The topological polar surface area (TPSA) is 46.9 Å². The van der Waals surface area contributed by atoms with Crippen LogP contribution in [0.3, 0.4) is 0 Å². The predicted octanol–water partition coefficient (Wildman–Crippen LogP) is 2.48. The first kappa shape index (κ1) is 15.1. The van der Waals surface area contributed by atoms with Gasteiger partial charge in [0.1, 0.15) is 5.82 Å². The zero-order chi connectivity index (χ0) is 15.5. The Morgan fingerprint density at radius 1 is 1.36 bits per heavy atom. The van der Waals surface area contributed by atoms with Crippen molar-refractivity contribution in [3.05, 3.63) is 47.0 Å². The van der Waals surface area contributed by atoms with Gasteiger partial charge in [-0.1, -0.05) is 0 Å². The van der Waals surface area contributed by atoms with Crippen LogP contribution >= 0.6 is 11.8 Å². The number of carbonyl (C=O) groups excluding carboxylic acids is 1. The van der Waals surface area contributed by atoms with Gasteiger partial charge in [0, 0.05) is 18.5 Å². The highest BCUT2D eigenvalue weighted by Crippen LogP contribution is 2.29. The fraction of sp³-hybridized carbons (Fsp3) is 0.375. The Hall–Kier alpha value is -1.82. The average Bonchev–Trinajstić information content (AvgIpc) is 3.11. The summed E-state index contributed by atoms with van der Waals surface area (Å²) in [5.74, 6) is 0.951. The minimum Gasteiger partial charge on any atom is -0.358 e. The third-order valence-electron chi connectivity index (χ3n) is 3.84. The lowest BCUT2D eigenvalue weighted by Crippen LogP contribution is -2.19. The summed E-state index contributed by atoms with van der Waals surface area (Å²) in [6.45, 7) is 0. The normalized spacial score (nSPS) is 13.2. The van der Waals surface area contributed by atoms with E-state index in [1.807, 2.05) is 4.68 Å². The van der Waals surface area contributed by atoms with E-state index in [2.05, 4.69) is 5.32 Å². The third kappa shape index (κ3) is 3.02. The van der Waals surface area contributed by atoms with Crippen molar-refractivity contribution < 1.29 is 9.18 Å². The van der Waals surface area contributed by atoms with E-state index in [1.54, 1.807) is 30.9 Å². The number of carbonyl (C=O) groups is 1. The maximum atomic E-state index is 13.1. The molecular weight excluding hydrogens is 301 g/mol. The van der Waals surface area contributed by atoms with Crippen LogP contribution in [0, 0.1) is 5.82 Å². The molecule has 0 fully saturated rings. The minimum absolute atomic E-state index is 0.0274. The van der Waals surface area contributed by atoms with Crippen molar-refractivity contribution in [1.29, 1.82) is 0 Å². The molecule has 0 spiro atoms. The summed E-state index contributed by atoms with van der Waals surface area (Å²) in [5, 5.41) is 7.32. The molecule has 1 aromatic carbocycles. The second-order valence-corrected chi connectivity index (χ2v) is 6.27. The zero-order valence-electron chi connectivity index (χ0n) is 12.4. The lowest BCUT2D eigenvalue weighted by Gasteiger charge is -2.05. The molecule has 1 aliphatic rings. The molecule has 0 atom stereocenters. The summed E-state index contributed by atoms with van der Waals surface area (Å²) in [6.07, 6.45) is 3.16. The number of hydrogen-bond acceptors (Lipinski definition) is 3. The Balaban J connectivity index is 1.82. The number of benzene rings is 1. The van der Waals surface area contributed by atoms with Gasteiger partial charge in [-0.2, -0.15) is 5.10 Å². The Morgan fingerprint density at radius 3 is 2.86 bits per heavy atom. The van der Waals surface area contributed by atoms with Crippen molar-refractivity contribution in [1.82, 2.24) is 15.1 Å². The van der Waals surface area contributed by atoms with E-state index < -0.39 is 0 Å². The molecule has 0 aliphatic heterocycles. The summed E-state index contributed by atoms with van der Waals surface area (Å²) < 4.78 is 15.0. The van der Waals surface area contributed by atoms with E-state index in [9.17, 15) is 9.18 Å². The van der Waals surface area contributed by atoms with Crippen molar-refractivity contribution >= 4 is 17.7 Å². The number of halogens is 1. The van der Waals surface area contributed by atoms with Crippen LogP contribution in [-0.2, 0) is 23.4 Å². The molecule has 0 unspecified atom stereocenters. The number of nitrogens with zero attached hydrogens (tertiary/aromatic N) is 2. The van der Waals surface area contributed by atoms with Crippen LogP contribution < -0.4 is 5.32 Å². The molecule has 0 radical (unpaired) electrons. The first-order chi connectivity index (χ1) is 10.7. The van der Waals surface area contributed by atoms with Crippen LogP contribution in [0.2, 0.25) is 0 Å². The summed E-state index contributed by atoms with van der Waals surface area (Å²) in [4.78, 5) is 11.3. The highest BCUT2D eigenvalue weighted by atomic mass is 32.2. The van der Waals surface area contributed by atoms with Crippen molar-refractivity contribution in [3.8, 4) is 5.69 Å². The van der Waals surface area contributed by atoms with Gasteiger partial charge in [0.05, 0.1) is 17.1 Å². The van der Waals surface area contributed by atoms with E-state index in [0.717, 1.165) is 36.4 Å². The maximum absolute atomic E-state index is 13.1. The number of rotatable bonds is 5. The molecular formula is C16H18FN3OS. The molecule has 1 N–H and O–H groups in total. The third-order valence-corrected chi connectivity index (χ3v) is 4.78. The van der Waals surface area contributed by atoms with E-state index >= 15 is 0 Å². The van der Waals surface area contributed by atoms with Crippen molar-refractivity contribution in [3.63, 3.8) is 0 Å². The Morgan fingerprint density at radius 2 is 2.14 bits per heavy atom. The van der Waals surface area contributed by atoms with Crippen LogP contribution in [0.15, 0.2) is 24.3 Å². The highest BCUT2D eigenvalue weighted by molar-refractivity contribution is 7.99. The number of fused-ring (bicyclic) bond motifs is 1. The van der Waals surface area contributed by atoms with Gasteiger partial charge < -0.3 is 5.32 Å². The van der Waals surface area contributed by atoms with E-state index in [0.29, 0.717) is 5.75 Å². The molecule has 1 amide bonds. The molecule has 22 heavy (non-hydrogen) atoms. The Labute approximate surface area is 133 Å². The largest absolute Gasteiger partial charge is 0.358 e. The number of nitrogens with one attached hydrogen (secondary N) is 1. The maximum Gasteiger partial charge on any atom is 0.229 e. The van der Waals surface area contributed by atoms with Crippen molar-refractivity contribution in [2.45, 2.75) is 25.0 Å². The van der Waals surface area contributed by atoms with Crippen LogP contribution in [-0.4, -0.2) is 28.5 Å². The molecule has 6 heteroatoms. The van der Waals surface area contributed by atoms with Gasteiger partial charge in [0.25, 0.3) is 0 Å². The SMILES string of the molecule is CNC(=O)CSCc1nn(-c2ccc(F)cc2)c2c1CCC2. The van der Waals surface area contributed by atoms with Gasteiger partial charge in [0.15, 0.2) is 0 Å². The smallest absolute Gasteiger partial charge is 0.229 e. The van der Waals surface area contributed by atoms with Crippen molar-refractivity contribution in [2.24, 2.45) is 0 Å². The highest BCUT2D eigenvalue weighted by Gasteiger charge is 2.23. The predicted molar refractivity (Wildman–Crippen MR) is 85.8 cm³/mol. The molecule has 4 nitrogen and oxygen atoms in total. The quantitative estimate of drug-likeness (QED) is 0.921. The molecule has 1 aromatic heterocycles. The molecule has 1 heterocycles. The van der Waals surface area contributed by atoms with Crippen LogP contribution in [0.4, 0.5) is 4.39 Å². The van der Waals surface area contributed by atoms with Crippen LogP contribution in [0.5, 0.6) is 0 Å². The zero-order valence-corrected chi connectivity index (χ0v) is 13.3. The second kappa shape index (κ2) is 6.52. The fourth-order valence-electron chi connectivity index (χ4n) is 2.74. The van der Waals surface area contributed by atoms with Gasteiger partial charge >= 0.3 is 0 Å². The van der Waals surface area contributed by atoms with Crippen molar-refractivity contribution in [2.75, 3.05) is 12.8 Å². The summed E-state index contributed by atoms with van der Waals surface area (Å²) in [5.41, 5.74) is 4.46. The van der Waals surface area contributed by atoms with Crippen LogP contribution in [0.1, 0.15) is 23.4 Å². The lowest BCUT2D eigenvalue weighted by atomic mass is 10.2. The molecule has 1 aliphatic carbocycles. The van der Waals surface area contributed by atoms with Gasteiger partial charge in [-0.05, 0) is 49.1 Å². The minimum atomic E-state index is -0.242. The molecule has 0 saturated heterocycles. The van der Waals surface area contributed by atoms with Gasteiger partial charge in [-0.25, -0.2) is 9.07 Å². The second-order valence-electron chi connectivity index (χ2n) is 5.28. The Kier molecular flexibility index (Phi) is 4.47. The molecule has 2 aromatic rings. The molecule has 0 bridgehead atoms. The lowest BCUT2D eigenvalue weighted by molar-refractivity contribution is -0.118. The van der Waals surface area contributed by atoms with Crippen LogP contribution in [0.25, 0.3) is 5.69 Å². The van der Waals surface area contributed by atoms with E-state index in [-0.39, 0.29) is 11.7 Å². The van der Waals surface area contributed by atoms with E-state index in [4.69, 9.17) is 5.10 Å². The number of aromatic nitrogens is 2. The van der Waals surface area contributed by atoms with Gasteiger partial charge in [-0.3, -0.25) is 4.79 Å². The Bertz CT molecular complexity index is 681. The number of thioether (sulfide) groups is 1. The number of amides is 1.